The normalized spacial score (nSPS) is 24.5. The van der Waals surface area contributed by atoms with Gasteiger partial charge in [-0.25, -0.2) is 4.79 Å². The monoisotopic (exact) mass is 322 g/mol. The second-order valence-electron chi connectivity index (χ2n) is 7.53. The highest BCUT2D eigenvalue weighted by Crippen LogP contribution is 2.27. The van der Waals surface area contributed by atoms with E-state index in [1.807, 2.05) is 20.8 Å². The Hall–Kier alpha value is -1.74. The van der Waals surface area contributed by atoms with Gasteiger partial charge in [0.15, 0.2) is 0 Å². The van der Waals surface area contributed by atoms with E-state index in [-0.39, 0.29) is 24.5 Å². The van der Waals surface area contributed by atoms with Crippen LogP contribution in [0.5, 0.6) is 0 Å². The van der Waals surface area contributed by atoms with Gasteiger partial charge in [0.1, 0.15) is 5.60 Å². The van der Waals surface area contributed by atoms with Crippen LogP contribution in [-0.4, -0.2) is 64.3 Å². The zero-order valence-electron chi connectivity index (χ0n) is 14.2. The second-order valence-corrected chi connectivity index (χ2v) is 7.53. The van der Waals surface area contributed by atoms with Crippen LogP contribution in [0.2, 0.25) is 0 Å². The fraction of sp³-hybridized carbons (Fsp3) is 0.765. The predicted molar refractivity (Wildman–Crippen MR) is 85.5 cm³/mol. The third-order valence-corrected chi connectivity index (χ3v) is 4.28. The maximum absolute atomic E-state index is 12.0. The molecule has 2 heterocycles. The van der Waals surface area contributed by atoms with E-state index in [1.165, 1.54) is 0 Å². The Labute approximate surface area is 137 Å². The average Bonchev–Trinajstić information content (AvgIpc) is 2.77. The van der Waals surface area contributed by atoms with Crippen molar-refractivity contribution in [1.29, 1.82) is 0 Å². The van der Waals surface area contributed by atoms with E-state index in [0.717, 1.165) is 0 Å². The molecule has 2 fully saturated rings. The molecule has 6 nitrogen and oxygen atoms in total. The maximum atomic E-state index is 12.0. The number of β-amino-alcohol motifs (C(OH)–C–C–N with tert-alkyl or cyclic N) is 1. The number of hydrogen-bond donors (Lipinski definition) is 1. The smallest absolute Gasteiger partial charge is 0.410 e. The van der Waals surface area contributed by atoms with Crippen LogP contribution in [0.25, 0.3) is 0 Å². The van der Waals surface area contributed by atoms with E-state index >= 15 is 0 Å². The molecule has 128 valence electrons. The molecule has 0 aromatic heterocycles. The first-order valence-corrected chi connectivity index (χ1v) is 8.06. The van der Waals surface area contributed by atoms with Crippen LogP contribution >= 0.6 is 0 Å². The fourth-order valence-corrected chi connectivity index (χ4v) is 2.98. The van der Waals surface area contributed by atoms with Crippen molar-refractivity contribution in [2.24, 2.45) is 5.92 Å². The molecule has 2 aliphatic heterocycles. The summed E-state index contributed by atoms with van der Waals surface area (Å²) in [4.78, 5) is 27.2. The van der Waals surface area contributed by atoms with Crippen LogP contribution in [0.4, 0.5) is 4.79 Å². The lowest BCUT2D eigenvalue weighted by Gasteiger charge is -2.40. The lowest BCUT2D eigenvalue weighted by Crippen LogP contribution is -2.53. The van der Waals surface area contributed by atoms with E-state index in [1.54, 1.807) is 9.80 Å². The summed E-state index contributed by atoms with van der Waals surface area (Å²) in [6, 6.07) is 0. The van der Waals surface area contributed by atoms with E-state index in [4.69, 9.17) is 11.2 Å². The molecule has 0 aromatic carbocycles. The van der Waals surface area contributed by atoms with Crippen LogP contribution in [0.15, 0.2) is 0 Å². The first kappa shape index (κ1) is 17.6. The molecule has 0 aliphatic carbocycles. The molecule has 0 aromatic rings. The number of rotatable bonds is 2. The fourth-order valence-electron chi connectivity index (χ4n) is 2.98. The highest BCUT2D eigenvalue weighted by atomic mass is 16.6. The molecule has 1 unspecified atom stereocenters. The lowest BCUT2D eigenvalue weighted by atomic mass is 9.91. The van der Waals surface area contributed by atoms with Crippen molar-refractivity contribution < 1.29 is 19.4 Å². The van der Waals surface area contributed by atoms with Crippen molar-refractivity contribution in [3.8, 4) is 12.3 Å². The highest BCUT2D eigenvalue weighted by Gasteiger charge is 2.40. The Kier molecular flexibility index (Phi) is 4.90. The molecular weight excluding hydrogens is 296 g/mol. The Morgan fingerprint density at radius 3 is 2.52 bits per heavy atom. The van der Waals surface area contributed by atoms with Gasteiger partial charge in [0, 0.05) is 38.5 Å². The minimum atomic E-state index is -0.961. The van der Waals surface area contributed by atoms with Crippen molar-refractivity contribution in [3.05, 3.63) is 0 Å². The zero-order valence-corrected chi connectivity index (χ0v) is 14.2. The topological polar surface area (TPSA) is 70.1 Å². The van der Waals surface area contributed by atoms with Crippen LogP contribution < -0.4 is 0 Å². The minimum Gasteiger partial charge on any atom is -0.444 e. The van der Waals surface area contributed by atoms with Crippen molar-refractivity contribution in [2.75, 3.05) is 26.2 Å². The summed E-state index contributed by atoms with van der Waals surface area (Å²) in [6.07, 6.45) is 6.23. The highest BCUT2D eigenvalue weighted by molar-refractivity contribution is 5.79. The number of amides is 2. The molecule has 23 heavy (non-hydrogen) atoms. The average molecular weight is 322 g/mol. The third-order valence-electron chi connectivity index (χ3n) is 4.28. The summed E-state index contributed by atoms with van der Waals surface area (Å²) in [5.74, 6) is 2.54. The first-order valence-electron chi connectivity index (χ1n) is 8.06. The summed E-state index contributed by atoms with van der Waals surface area (Å²) < 4.78 is 5.34. The number of carbonyl (C=O) groups is 2. The van der Waals surface area contributed by atoms with Gasteiger partial charge in [0.05, 0.1) is 5.60 Å². The zero-order chi connectivity index (χ0) is 17.3. The van der Waals surface area contributed by atoms with Gasteiger partial charge in [0.25, 0.3) is 0 Å². The molecule has 0 bridgehead atoms. The number of carbonyl (C=O) groups excluding carboxylic acids is 2. The predicted octanol–water partition coefficient (Wildman–Crippen LogP) is 1.23. The van der Waals surface area contributed by atoms with Crippen molar-refractivity contribution in [1.82, 2.24) is 9.80 Å². The van der Waals surface area contributed by atoms with E-state index < -0.39 is 11.2 Å². The number of likely N-dealkylation sites (tertiary alicyclic amines) is 2. The summed E-state index contributed by atoms with van der Waals surface area (Å²) in [7, 11) is 0. The number of piperidine rings is 1. The van der Waals surface area contributed by atoms with Crippen LogP contribution in [-0.2, 0) is 9.53 Å². The van der Waals surface area contributed by atoms with E-state index in [2.05, 4.69) is 5.92 Å². The minimum absolute atomic E-state index is 0.00375. The summed E-state index contributed by atoms with van der Waals surface area (Å²) in [5, 5.41) is 10.7. The van der Waals surface area contributed by atoms with Gasteiger partial charge in [-0.2, -0.15) is 0 Å². The van der Waals surface area contributed by atoms with Gasteiger partial charge >= 0.3 is 6.09 Å². The second kappa shape index (κ2) is 6.40. The summed E-state index contributed by atoms with van der Waals surface area (Å²) in [6.45, 7) is 7.11. The molecule has 2 saturated heterocycles. The Bertz CT molecular complexity index is 510. The molecule has 2 amide bonds. The quantitative estimate of drug-likeness (QED) is 0.776. The molecule has 2 aliphatic rings. The van der Waals surface area contributed by atoms with Gasteiger partial charge in [-0.15, -0.1) is 12.3 Å². The maximum Gasteiger partial charge on any atom is 0.410 e. The Balaban J connectivity index is 1.87. The van der Waals surface area contributed by atoms with Crippen molar-refractivity contribution in [2.45, 2.75) is 51.2 Å². The molecule has 1 atom stereocenters. The Morgan fingerprint density at radius 1 is 1.43 bits per heavy atom. The van der Waals surface area contributed by atoms with Crippen molar-refractivity contribution in [3.63, 3.8) is 0 Å². The van der Waals surface area contributed by atoms with Crippen molar-refractivity contribution >= 4 is 12.0 Å². The molecule has 0 spiro atoms. The van der Waals surface area contributed by atoms with Crippen LogP contribution in [0.1, 0.15) is 40.0 Å². The number of hydrogen-bond acceptors (Lipinski definition) is 4. The van der Waals surface area contributed by atoms with Crippen LogP contribution in [0.3, 0.4) is 0 Å². The van der Waals surface area contributed by atoms with Gasteiger partial charge in [-0.3, -0.25) is 4.79 Å². The number of ether oxygens (including phenoxy) is 1. The largest absolute Gasteiger partial charge is 0.444 e. The molecule has 0 radical (unpaired) electrons. The van der Waals surface area contributed by atoms with Gasteiger partial charge < -0.3 is 19.6 Å². The lowest BCUT2D eigenvalue weighted by molar-refractivity contribution is -0.132. The number of nitrogens with zero attached hydrogens (tertiary/aromatic N) is 2. The van der Waals surface area contributed by atoms with Gasteiger partial charge in [-0.1, -0.05) is 0 Å². The Morgan fingerprint density at radius 2 is 2.04 bits per heavy atom. The number of terminal acetylenes is 1. The first-order chi connectivity index (χ1) is 10.6. The van der Waals surface area contributed by atoms with Gasteiger partial charge in [-0.05, 0) is 33.6 Å². The third kappa shape index (κ3) is 4.61. The van der Waals surface area contributed by atoms with E-state index in [0.29, 0.717) is 38.9 Å². The summed E-state index contributed by atoms with van der Waals surface area (Å²) in [5.41, 5.74) is -1.49. The molecule has 2 rings (SSSR count). The van der Waals surface area contributed by atoms with Gasteiger partial charge in [0.2, 0.25) is 5.91 Å². The molecular formula is C17H26N2O4. The number of aliphatic hydroxyl groups is 1. The standard InChI is InChI=1S/C17H26N2O4/c1-5-13-10-14(20)19(11-13)12-17(22)6-8-18(9-7-17)15(21)23-16(2,3)4/h1,13,22H,6-12H2,2-4H3. The summed E-state index contributed by atoms with van der Waals surface area (Å²) >= 11 is 0. The van der Waals surface area contributed by atoms with E-state index in [9.17, 15) is 14.7 Å². The molecule has 0 saturated carbocycles. The molecule has 1 N–H and O–H groups in total. The van der Waals surface area contributed by atoms with Crippen LogP contribution in [0, 0.1) is 18.3 Å². The SMILES string of the molecule is C#CC1CC(=O)N(CC2(O)CCN(C(=O)OC(C)(C)C)CC2)C1. The molecule has 6 heteroatoms.